The number of hydrogen-bond donors (Lipinski definition) is 1. The molecular formula is C15H30O5. The zero-order valence-electron chi connectivity index (χ0n) is 13.3. The Kier molecular flexibility index (Phi) is 7.99. The molecule has 0 aromatic carbocycles. The molecule has 0 radical (unpaired) electrons. The van der Waals surface area contributed by atoms with Gasteiger partial charge in [0.1, 0.15) is 17.8 Å². The first-order valence-corrected chi connectivity index (χ1v) is 7.67. The van der Waals surface area contributed by atoms with Crippen LogP contribution >= 0.6 is 0 Å². The summed E-state index contributed by atoms with van der Waals surface area (Å²) in [4.78, 5) is 0. The summed E-state index contributed by atoms with van der Waals surface area (Å²) in [6.07, 6.45) is 2.77. The van der Waals surface area contributed by atoms with Crippen molar-refractivity contribution in [1.82, 2.24) is 0 Å². The van der Waals surface area contributed by atoms with E-state index in [0.29, 0.717) is 19.8 Å². The van der Waals surface area contributed by atoms with Crippen LogP contribution in [0.5, 0.6) is 0 Å². The Balaban J connectivity index is 2.54. The molecule has 1 heterocycles. The molecule has 0 aromatic heterocycles. The van der Waals surface area contributed by atoms with Gasteiger partial charge in [0.15, 0.2) is 6.29 Å². The summed E-state index contributed by atoms with van der Waals surface area (Å²) >= 11 is 0. The van der Waals surface area contributed by atoms with Gasteiger partial charge in [-0.3, -0.25) is 0 Å². The molecule has 0 unspecified atom stereocenters. The van der Waals surface area contributed by atoms with Crippen LogP contribution in [-0.4, -0.2) is 56.1 Å². The zero-order valence-corrected chi connectivity index (χ0v) is 13.3. The molecule has 120 valence electrons. The molecule has 0 aromatic rings. The second-order valence-electron chi connectivity index (χ2n) is 5.54. The standard InChI is InChI=1S/C15H30O5/c1-5-7-9-18-11-12-13(19-10-8-6-2)15(3,16)14(17-4)20-12/h12-14,16H,5-11H2,1-4H3/t12-,13-,14+,15-/m1/s1. The molecule has 1 fully saturated rings. The van der Waals surface area contributed by atoms with E-state index in [1.807, 2.05) is 0 Å². The molecule has 1 N–H and O–H groups in total. The summed E-state index contributed by atoms with van der Waals surface area (Å²) in [6.45, 7) is 7.67. The summed E-state index contributed by atoms with van der Waals surface area (Å²) in [5, 5.41) is 10.6. The van der Waals surface area contributed by atoms with Crippen LogP contribution in [0.15, 0.2) is 0 Å². The highest BCUT2D eigenvalue weighted by atomic mass is 16.7. The maximum Gasteiger partial charge on any atom is 0.188 e. The van der Waals surface area contributed by atoms with Crippen LogP contribution in [0.1, 0.15) is 46.5 Å². The summed E-state index contributed by atoms with van der Waals surface area (Å²) in [6, 6.07) is 0. The van der Waals surface area contributed by atoms with Crippen molar-refractivity contribution in [2.75, 3.05) is 26.9 Å². The highest BCUT2D eigenvalue weighted by molar-refractivity contribution is 4.98. The number of aliphatic hydroxyl groups is 1. The van der Waals surface area contributed by atoms with E-state index in [2.05, 4.69) is 13.8 Å². The first-order valence-electron chi connectivity index (χ1n) is 7.67. The molecule has 1 aliphatic heterocycles. The van der Waals surface area contributed by atoms with Crippen molar-refractivity contribution in [1.29, 1.82) is 0 Å². The predicted octanol–water partition coefficient (Wildman–Crippen LogP) is 2.11. The third-order valence-electron chi connectivity index (χ3n) is 3.62. The summed E-state index contributed by atoms with van der Waals surface area (Å²) in [7, 11) is 1.53. The molecule has 4 atom stereocenters. The number of unbranched alkanes of at least 4 members (excludes halogenated alkanes) is 2. The van der Waals surface area contributed by atoms with Gasteiger partial charge < -0.3 is 24.1 Å². The van der Waals surface area contributed by atoms with Crippen molar-refractivity contribution in [2.24, 2.45) is 0 Å². The smallest absolute Gasteiger partial charge is 0.188 e. The molecule has 0 spiro atoms. The zero-order chi connectivity index (χ0) is 15.0. The normalized spacial score (nSPS) is 33.8. The van der Waals surface area contributed by atoms with Crippen LogP contribution < -0.4 is 0 Å². The first kappa shape index (κ1) is 17.9. The van der Waals surface area contributed by atoms with Crippen molar-refractivity contribution in [2.45, 2.75) is 70.6 Å². The minimum absolute atomic E-state index is 0.288. The van der Waals surface area contributed by atoms with Crippen LogP contribution in [0, 0.1) is 0 Å². The topological polar surface area (TPSA) is 57.2 Å². The third kappa shape index (κ3) is 4.67. The van der Waals surface area contributed by atoms with Gasteiger partial charge in [-0.25, -0.2) is 0 Å². The van der Waals surface area contributed by atoms with Gasteiger partial charge in [0.2, 0.25) is 0 Å². The number of methoxy groups -OCH3 is 1. The van der Waals surface area contributed by atoms with Gasteiger partial charge in [-0.15, -0.1) is 0 Å². The Bertz CT molecular complexity index is 257. The minimum atomic E-state index is -1.15. The molecule has 1 rings (SSSR count). The molecular weight excluding hydrogens is 260 g/mol. The number of ether oxygens (including phenoxy) is 4. The molecule has 1 aliphatic rings. The molecule has 1 saturated heterocycles. The summed E-state index contributed by atoms with van der Waals surface area (Å²) in [5.41, 5.74) is -1.15. The van der Waals surface area contributed by atoms with Gasteiger partial charge in [-0.1, -0.05) is 26.7 Å². The fourth-order valence-electron chi connectivity index (χ4n) is 2.38. The monoisotopic (exact) mass is 290 g/mol. The molecule has 0 saturated carbocycles. The van der Waals surface area contributed by atoms with Crippen molar-refractivity contribution in [3.63, 3.8) is 0 Å². The maximum atomic E-state index is 10.6. The quantitative estimate of drug-likeness (QED) is 0.625. The maximum absolute atomic E-state index is 10.6. The van der Waals surface area contributed by atoms with Crippen LogP contribution in [-0.2, 0) is 18.9 Å². The second kappa shape index (κ2) is 8.95. The van der Waals surface area contributed by atoms with E-state index in [0.717, 1.165) is 25.7 Å². The van der Waals surface area contributed by atoms with Crippen LogP contribution in [0.3, 0.4) is 0 Å². The van der Waals surface area contributed by atoms with Gasteiger partial charge >= 0.3 is 0 Å². The van der Waals surface area contributed by atoms with Crippen molar-refractivity contribution in [3.05, 3.63) is 0 Å². The van der Waals surface area contributed by atoms with E-state index in [4.69, 9.17) is 18.9 Å². The molecule has 20 heavy (non-hydrogen) atoms. The first-order chi connectivity index (χ1) is 9.57. The van der Waals surface area contributed by atoms with Gasteiger partial charge in [0.25, 0.3) is 0 Å². The highest BCUT2D eigenvalue weighted by Crippen LogP contribution is 2.34. The Morgan fingerprint density at radius 2 is 1.80 bits per heavy atom. The average molecular weight is 290 g/mol. The minimum Gasteiger partial charge on any atom is -0.382 e. The lowest BCUT2D eigenvalue weighted by atomic mass is 9.97. The molecule has 5 heteroatoms. The van der Waals surface area contributed by atoms with E-state index in [1.165, 1.54) is 7.11 Å². The van der Waals surface area contributed by atoms with E-state index in [9.17, 15) is 5.11 Å². The van der Waals surface area contributed by atoms with E-state index < -0.39 is 18.0 Å². The van der Waals surface area contributed by atoms with E-state index in [1.54, 1.807) is 6.92 Å². The second-order valence-corrected chi connectivity index (χ2v) is 5.54. The highest BCUT2D eigenvalue weighted by Gasteiger charge is 2.54. The number of rotatable bonds is 10. The van der Waals surface area contributed by atoms with Crippen molar-refractivity contribution in [3.8, 4) is 0 Å². The Labute approximate surface area is 122 Å². The Hall–Kier alpha value is -0.200. The van der Waals surface area contributed by atoms with Crippen LogP contribution in [0.25, 0.3) is 0 Å². The lowest BCUT2D eigenvalue weighted by Gasteiger charge is -2.29. The average Bonchev–Trinajstić information content (AvgIpc) is 2.66. The van der Waals surface area contributed by atoms with Crippen LogP contribution in [0.4, 0.5) is 0 Å². The SMILES string of the molecule is CCCCOC[C@H]1O[C@H](OC)[C@](C)(O)[C@@H]1OCCCC. The largest absolute Gasteiger partial charge is 0.382 e. The van der Waals surface area contributed by atoms with Crippen molar-refractivity contribution < 1.29 is 24.1 Å². The molecule has 0 amide bonds. The Morgan fingerprint density at radius 1 is 1.15 bits per heavy atom. The Morgan fingerprint density at radius 3 is 2.40 bits per heavy atom. The molecule has 0 aliphatic carbocycles. The lowest BCUT2D eigenvalue weighted by Crippen LogP contribution is -2.48. The summed E-state index contributed by atoms with van der Waals surface area (Å²) < 4.78 is 22.4. The molecule has 5 nitrogen and oxygen atoms in total. The van der Waals surface area contributed by atoms with Gasteiger partial charge in [-0.2, -0.15) is 0 Å². The van der Waals surface area contributed by atoms with Gasteiger partial charge in [0, 0.05) is 20.3 Å². The fourth-order valence-corrected chi connectivity index (χ4v) is 2.38. The van der Waals surface area contributed by atoms with Crippen molar-refractivity contribution >= 4 is 0 Å². The third-order valence-corrected chi connectivity index (χ3v) is 3.62. The fraction of sp³-hybridized carbons (Fsp3) is 1.00. The van der Waals surface area contributed by atoms with Gasteiger partial charge in [-0.05, 0) is 19.8 Å². The van der Waals surface area contributed by atoms with E-state index >= 15 is 0 Å². The predicted molar refractivity (Wildman–Crippen MR) is 76.7 cm³/mol. The summed E-state index contributed by atoms with van der Waals surface area (Å²) in [5.74, 6) is 0. The lowest BCUT2D eigenvalue weighted by molar-refractivity contribution is -0.189. The number of hydrogen-bond acceptors (Lipinski definition) is 5. The molecule has 0 bridgehead atoms. The van der Waals surface area contributed by atoms with Crippen LogP contribution in [0.2, 0.25) is 0 Å². The van der Waals surface area contributed by atoms with E-state index in [-0.39, 0.29) is 6.10 Å². The van der Waals surface area contributed by atoms with Gasteiger partial charge in [0.05, 0.1) is 6.61 Å².